The quantitative estimate of drug-likeness (QED) is 0.599. The molecule has 0 spiro atoms. The average molecular weight is 453 g/mol. The van der Waals surface area contributed by atoms with Crippen molar-refractivity contribution in [2.45, 2.75) is 110 Å². The van der Waals surface area contributed by atoms with E-state index in [1.807, 2.05) is 30.0 Å². The van der Waals surface area contributed by atoms with Gasteiger partial charge in [0.15, 0.2) is 0 Å². The third-order valence-electron chi connectivity index (χ3n) is 11.4. The summed E-state index contributed by atoms with van der Waals surface area (Å²) >= 11 is 0. The molecule has 0 amide bonds. The van der Waals surface area contributed by atoms with Gasteiger partial charge in [-0.2, -0.15) is 5.26 Å². The van der Waals surface area contributed by atoms with E-state index in [2.05, 4.69) is 26.8 Å². The zero-order chi connectivity index (χ0) is 23.6. The first-order valence-electron chi connectivity index (χ1n) is 13.5. The second kappa shape index (κ2) is 7.85. The molecule has 0 aromatic carbocycles. The number of hydrogen-bond acceptors (Lipinski definition) is 3. The molecular weight excluding hydrogens is 408 g/mol. The Kier molecular flexibility index (Phi) is 5.58. The van der Waals surface area contributed by atoms with Crippen LogP contribution in [0.5, 0.6) is 0 Å². The third-order valence-corrected chi connectivity index (χ3v) is 11.4. The summed E-state index contributed by atoms with van der Waals surface area (Å²) in [5.74, 6) is 3.30. The van der Waals surface area contributed by atoms with E-state index in [0.717, 1.165) is 37.0 Å². The van der Waals surface area contributed by atoms with Crippen LogP contribution >= 0.6 is 0 Å². The van der Waals surface area contributed by atoms with Crippen molar-refractivity contribution in [2.75, 3.05) is 0 Å². The Bertz CT molecular complexity index is 926. The van der Waals surface area contributed by atoms with E-state index in [0.29, 0.717) is 29.4 Å². The Hall–Kier alpha value is -1.31. The molecule has 4 nitrogen and oxygen atoms in total. The van der Waals surface area contributed by atoms with E-state index < -0.39 is 11.2 Å². The molecule has 0 aliphatic heterocycles. The van der Waals surface area contributed by atoms with Gasteiger partial charge < -0.3 is 14.8 Å². The minimum atomic E-state index is -0.774. The number of rotatable bonds is 3. The predicted octanol–water partition coefficient (Wildman–Crippen LogP) is 5.91. The van der Waals surface area contributed by atoms with Crippen LogP contribution in [-0.2, 0) is 6.54 Å². The van der Waals surface area contributed by atoms with Crippen LogP contribution in [0.25, 0.3) is 0 Å². The van der Waals surface area contributed by atoms with Gasteiger partial charge >= 0.3 is 0 Å². The summed E-state index contributed by atoms with van der Waals surface area (Å²) in [7, 11) is 0. The summed E-state index contributed by atoms with van der Waals surface area (Å²) in [5.41, 5.74) is -0.0433. The van der Waals surface area contributed by atoms with Crippen molar-refractivity contribution >= 4 is 0 Å². The lowest BCUT2D eigenvalue weighted by atomic mass is 9.45. The molecule has 0 bridgehead atoms. The number of hydrogen-bond donors (Lipinski definition) is 2. The van der Waals surface area contributed by atoms with Crippen LogP contribution in [0.15, 0.2) is 18.5 Å². The largest absolute Gasteiger partial charge is 0.390 e. The summed E-state index contributed by atoms with van der Waals surface area (Å²) in [5, 5.41) is 31.7. The highest BCUT2D eigenvalue weighted by Crippen LogP contribution is 2.68. The summed E-state index contributed by atoms with van der Waals surface area (Å²) < 4.78 is 2.00. The maximum atomic E-state index is 11.8. The minimum absolute atomic E-state index is 0.190. The molecule has 1 aromatic heterocycles. The molecule has 0 radical (unpaired) electrons. The lowest BCUT2D eigenvalue weighted by molar-refractivity contribution is -0.130. The fourth-order valence-electron chi connectivity index (χ4n) is 9.65. The van der Waals surface area contributed by atoms with E-state index in [9.17, 15) is 15.5 Å². The molecule has 0 saturated heterocycles. The highest BCUT2D eigenvalue weighted by molar-refractivity contribution is 5.25. The van der Waals surface area contributed by atoms with E-state index in [1.165, 1.54) is 44.9 Å². The van der Waals surface area contributed by atoms with Crippen molar-refractivity contribution in [1.82, 2.24) is 4.57 Å². The van der Waals surface area contributed by atoms with Crippen LogP contribution in [0, 0.1) is 51.8 Å². The third kappa shape index (κ3) is 3.79. The molecule has 0 unspecified atom stereocenters. The number of aliphatic hydroxyl groups is 2. The first kappa shape index (κ1) is 23.4. The van der Waals surface area contributed by atoms with Gasteiger partial charge in [-0.1, -0.05) is 13.8 Å². The van der Waals surface area contributed by atoms with Crippen molar-refractivity contribution < 1.29 is 10.2 Å². The van der Waals surface area contributed by atoms with Gasteiger partial charge in [-0.25, -0.2) is 0 Å². The summed E-state index contributed by atoms with van der Waals surface area (Å²) in [4.78, 5) is 0. The Morgan fingerprint density at radius 1 is 1.00 bits per heavy atom. The molecule has 1 aromatic rings. The molecule has 33 heavy (non-hydrogen) atoms. The average Bonchev–Trinajstić information content (AvgIpc) is 3.32. The van der Waals surface area contributed by atoms with Gasteiger partial charge in [0.2, 0.25) is 0 Å². The van der Waals surface area contributed by atoms with Gasteiger partial charge in [0.1, 0.15) is 6.07 Å². The Labute approximate surface area is 200 Å². The molecule has 5 rings (SSSR count). The van der Waals surface area contributed by atoms with Crippen LogP contribution < -0.4 is 0 Å². The van der Waals surface area contributed by atoms with Gasteiger partial charge in [0.05, 0.1) is 23.3 Å². The fraction of sp³-hybridized carbons (Fsp3) is 0.828. The van der Waals surface area contributed by atoms with Gasteiger partial charge in [-0.3, -0.25) is 0 Å². The zero-order valence-electron chi connectivity index (χ0n) is 21.2. The van der Waals surface area contributed by atoms with Crippen LogP contribution in [0.1, 0.15) is 97.5 Å². The van der Waals surface area contributed by atoms with E-state index in [-0.39, 0.29) is 5.41 Å². The normalized spacial score (nSPS) is 46.9. The van der Waals surface area contributed by atoms with Crippen LogP contribution in [0.2, 0.25) is 0 Å². The number of fused-ring (bicyclic) bond motifs is 5. The molecule has 4 saturated carbocycles. The smallest absolute Gasteiger partial charge is 0.101 e. The van der Waals surface area contributed by atoms with Crippen LogP contribution in [-0.4, -0.2) is 26.0 Å². The lowest BCUT2D eigenvalue weighted by Crippen LogP contribution is -2.54. The fourth-order valence-corrected chi connectivity index (χ4v) is 9.65. The van der Waals surface area contributed by atoms with Gasteiger partial charge in [-0.15, -0.1) is 0 Å². The lowest BCUT2D eigenvalue weighted by Gasteiger charge is -2.60. The van der Waals surface area contributed by atoms with E-state index in [1.54, 1.807) is 0 Å². The first-order chi connectivity index (χ1) is 15.5. The molecule has 4 fully saturated rings. The van der Waals surface area contributed by atoms with Gasteiger partial charge in [0.25, 0.3) is 0 Å². The highest BCUT2D eigenvalue weighted by atomic mass is 16.3. The number of nitriles is 1. The van der Waals surface area contributed by atoms with Crippen molar-refractivity contribution in [3.63, 3.8) is 0 Å². The van der Waals surface area contributed by atoms with Gasteiger partial charge in [-0.05, 0) is 125 Å². The number of aromatic nitrogens is 1. The molecule has 9 atom stereocenters. The minimum Gasteiger partial charge on any atom is -0.390 e. The SMILES string of the molecule is C[C@]1(O)CC[C@@H]2CC[C@@H]3[C@H](CC[C@@]4(C)[C@H]3CC[C@@H]4[C@@](C)(O)Cn3ccc(C#N)c3)[C@@]2(C)CC1. The van der Waals surface area contributed by atoms with E-state index in [4.69, 9.17) is 0 Å². The summed E-state index contributed by atoms with van der Waals surface area (Å²) in [6, 6.07) is 4.04. The van der Waals surface area contributed by atoms with Crippen molar-refractivity contribution in [3.05, 3.63) is 24.0 Å². The van der Waals surface area contributed by atoms with E-state index >= 15 is 0 Å². The number of nitrogens with zero attached hydrogens (tertiary/aromatic N) is 2. The van der Waals surface area contributed by atoms with Gasteiger partial charge in [0, 0.05) is 12.4 Å². The summed E-state index contributed by atoms with van der Waals surface area (Å²) in [6.45, 7) is 9.71. The Morgan fingerprint density at radius 2 is 1.76 bits per heavy atom. The Balaban J connectivity index is 1.37. The van der Waals surface area contributed by atoms with Crippen molar-refractivity contribution in [2.24, 2.45) is 40.4 Å². The zero-order valence-corrected chi connectivity index (χ0v) is 21.2. The maximum Gasteiger partial charge on any atom is 0.101 e. The van der Waals surface area contributed by atoms with Crippen LogP contribution in [0.3, 0.4) is 0 Å². The monoisotopic (exact) mass is 452 g/mol. The second-order valence-corrected chi connectivity index (χ2v) is 13.4. The first-order valence-corrected chi connectivity index (χ1v) is 13.5. The Morgan fingerprint density at radius 3 is 2.48 bits per heavy atom. The maximum absolute atomic E-state index is 11.8. The molecule has 182 valence electrons. The molecule has 4 heteroatoms. The predicted molar refractivity (Wildman–Crippen MR) is 130 cm³/mol. The highest BCUT2D eigenvalue weighted by Gasteiger charge is 2.62. The second-order valence-electron chi connectivity index (χ2n) is 13.4. The topological polar surface area (TPSA) is 69.2 Å². The molecule has 1 heterocycles. The molecule has 4 aliphatic carbocycles. The van der Waals surface area contributed by atoms with Crippen molar-refractivity contribution in [3.8, 4) is 6.07 Å². The van der Waals surface area contributed by atoms with Crippen LogP contribution in [0.4, 0.5) is 0 Å². The molecule has 4 aliphatic rings. The van der Waals surface area contributed by atoms with Crippen molar-refractivity contribution in [1.29, 1.82) is 5.26 Å². The summed E-state index contributed by atoms with van der Waals surface area (Å²) in [6.07, 6.45) is 15.6. The standard InChI is InChI=1S/C29H44N2O2/c1-26(32)12-9-21-5-6-22-23-7-8-25(29(4,33)19-31-16-11-20(17-30)18-31)28(23,3)13-10-24(22)27(21,2)15-14-26/h11,16,18,21-25,32-33H,5-10,12-15,19H2,1-4H3/t21-,22-,23-,24-,25-,26-,27-,28-,29-/m0/s1. The molecule has 2 N–H and O–H groups in total. The molecular formula is C29H44N2O2.